The Kier molecular flexibility index (Phi) is 6.14. The summed E-state index contributed by atoms with van der Waals surface area (Å²) in [7, 11) is 0. The minimum Gasteiger partial charge on any atom is -0.314 e. The van der Waals surface area contributed by atoms with E-state index >= 15 is 0 Å². The second-order valence-electron chi connectivity index (χ2n) is 6.84. The molecular weight excluding hydrogens is 328 g/mol. The molecule has 2 aromatic rings. The van der Waals surface area contributed by atoms with E-state index in [0.29, 0.717) is 6.04 Å². The molecule has 2 aromatic heterocycles. The molecule has 1 unspecified atom stereocenters. The van der Waals surface area contributed by atoms with Crippen LogP contribution in [0.4, 0.5) is 0 Å². The summed E-state index contributed by atoms with van der Waals surface area (Å²) in [5.41, 5.74) is 1.51. The lowest BCUT2D eigenvalue weighted by Gasteiger charge is -2.35. The zero-order chi connectivity index (χ0) is 15.6. The zero-order valence-electron chi connectivity index (χ0n) is 14.0. The first kappa shape index (κ1) is 18.3. The van der Waals surface area contributed by atoms with Crippen molar-refractivity contribution in [2.75, 3.05) is 19.6 Å². The highest BCUT2D eigenvalue weighted by molar-refractivity contribution is 7.11. The Labute approximate surface area is 148 Å². The Morgan fingerprint density at radius 2 is 2.04 bits per heavy atom. The fourth-order valence-corrected chi connectivity index (χ4v) is 3.75. The molecule has 0 aromatic carbocycles. The van der Waals surface area contributed by atoms with Gasteiger partial charge in [-0.1, -0.05) is 20.8 Å². The molecule has 1 aliphatic heterocycles. The fourth-order valence-electron chi connectivity index (χ4n) is 2.75. The summed E-state index contributed by atoms with van der Waals surface area (Å²) in [6.07, 6.45) is 5.80. The molecule has 0 spiro atoms. The normalized spacial score (nSPS) is 19.3. The molecule has 0 radical (unpaired) electrons. The lowest BCUT2D eigenvalue weighted by molar-refractivity contribution is 0.153. The average Bonchev–Trinajstić information content (AvgIpc) is 2.97. The van der Waals surface area contributed by atoms with Crippen molar-refractivity contribution in [3.63, 3.8) is 0 Å². The lowest BCUT2D eigenvalue weighted by atomic mass is 9.96. The van der Waals surface area contributed by atoms with Gasteiger partial charge in [-0.3, -0.25) is 9.88 Å². The predicted octanol–water partition coefficient (Wildman–Crippen LogP) is 3.40. The first-order valence-electron chi connectivity index (χ1n) is 7.84. The molecule has 1 N–H and O–H groups in total. The van der Waals surface area contributed by atoms with Crippen LogP contribution in [0.15, 0.2) is 30.7 Å². The quantitative estimate of drug-likeness (QED) is 0.919. The number of piperazine rings is 1. The van der Waals surface area contributed by atoms with Crippen LogP contribution in [0, 0.1) is 0 Å². The number of pyridine rings is 1. The Morgan fingerprint density at radius 3 is 2.70 bits per heavy atom. The van der Waals surface area contributed by atoms with Gasteiger partial charge in [-0.15, -0.1) is 23.7 Å². The topological polar surface area (TPSA) is 41.1 Å². The minimum absolute atomic E-state index is 0. The Hall–Kier alpha value is -1.01. The third-order valence-corrected chi connectivity index (χ3v) is 5.48. The van der Waals surface area contributed by atoms with Gasteiger partial charge in [0.05, 0.1) is 6.54 Å². The van der Waals surface area contributed by atoms with Crippen molar-refractivity contribution < 1.29 is 0 Å². The highest BCUT2D eigenvalue weighted by Gasteiger charge is 2.25. The van der Waals surface area contributed by atoms with E-state index in [-0.39, 0.29) is 17.8 Å². The van der Waals surface area contributed by atoms with Crippen molar-refractivity contribution in [1.29, 1.82) is 0 Å². The van der Waals surface area contributed by atoms with Gasteiger partial charge in [0.25, 0.3) is 0 Å². The van der Waals surface area contributed by atoms with Gasteiger partial charge in [0.1, 0.15) is 5.01 Å². The van der Waals surface area contributed by atoms with Crippen LogP contribution in [0.2, 0.25) is 0 Å². The van der Waals surface area contributed by atoms with Crippen LogP contribution in [0.1, 0.15) is 42.3 Å². The molecule has 1 saturated heterocycles. The summed E-state index contributed by atoms with van der Waals surface area (Å²) >= 11 is 1.85. The van der Waals surface area contributed by atoms with Crippen molar-refractivity contribution in [2.45, 2.75) is 38.8 Å². The first-order chi connectivity index (χ1) is 10.5. The molecule has 0 aliphatic carbocycles. The number of nitrogens with one attached hydrogen (secondary N) is 1. The molecule has 6 heteroatoms. The van der Waals surface area contributed by atoms with E-state index in [0.717, 1.165) is 26.2 Å². The van der Waals surface area contributed by atoms with Gasteiger partial charge in [0.15, 0.2) is 0 Å². The van der Waals surface area contributed by atoms with Gasteiger partial charge >= 0.3 is 0 Å². The van der Waals surface area contributed by atoms with Crippen molar-refractivity contribution in [2.24, 2.45) is 0 Å². The Morgan fingerprint density at radius 1 is 1.30 bits per heavy atom. The van der Waals surface area contributed by atoms with Crippen molar-refractivity contribution in [3.05, 3.63) is 46.2 Å². The number of hydrogen-bond acceptors (Lipinski definition) is 5. The molecule has 126 valence electrons. The number of rotatable bonds is 3. The molecule has 23 heavy (non-hydrogen) atoms. The summed E-state index contributed by atoms with van der Waals surface area (Å²) in [5, 5.41) is 4.71. The van der Waals surface area contributed by atoms with Crippen LogP contribution in [0.5, 0.6) is 0 Å². The van der Waals surface area contributed by atoms with Crippen LogP contribution < -0.4 is 5.32 Å². The monoisotopic (exact) mass is 352 g/mol. The van der Waals surface area contributed by atoms with E-state index in [4.69, 9.17) is 0 Å². The Balaban J connectivity index is 0.00000192. The second-order valence-corrected chi connectivity index (χ2v) is 7.95. The van der Waals surface area contributed by atoms with Gasteiger partial charge in [-0.05, 0) is 23.1 Å². The third kappa shape index (κ3) is 4.51. The minimum atomic E-state index is 0. The predicted molar refractivity (Wildman–Crippen MR) is 98.3 cm³/mol. The smallest absolute Gasteiger partial charge is 0.107 e. The van der Waals surface area contributed by atoms with Gasteiger partial charge in [-0.25, -0.2) is 4.98 Å². The average molecular weight is 353 g/mol. The molecular formula is C17H25ClN4S. The van der Waals surface area contributed by atoms with Crippen LogP contribution in [0.3, 0.4) is 0 Å². The van der Waals surface area contributed by atoms with E-state index in [2.05, 4.69) is 53.1 Å². The van der Waals surface area contributed by atoms with Crippen LogP contribution in [-0.2, 0) is 12.0 Å². The zero-order valence-corrected chi connectivity index (χ0v) is 15.6. The summed E-state index contributed by atoms with van der Waals surface area (Å²) in [6, 6.07) is 4.64. The fraction of sp³-hybridized carbons (Fsp3) is 0.529. The van der Waals surface area contributed by atoms with Crippen molar-refractivity contribution in [1.82, 2.24) is 20.2 Å². The van der Waals surface area contributed by atoms with E-state index in [1.807, 2.05) is 29.9 Å². The van der Waals surface area contributed by atoms with E-state index in [1.165, 1.54) is 15.4 Å². The standard InChI is InChI=1S/C17H24N4S.ClH/c1-17(2,3)15-11-20-16(22-15)12-21-9-8-19-10-14(21)13-4-6-18-7-5-13;/h4-7,11,14,19H,8-10,12H2,1-3H3;1H. The van der Waals surface area contributed by atoms with Gasteiger partial charge in [-0.2, -0.15) is 0 Å². The molecule has 1 fully saturated rings. The highest BCUT2D eigenvalue weighted by atomic mass is 35.5. The molecule has 0 bridgehead atoms. The summed E-state index contributed by atoms with van der Waals surface area (Å²) < 4.78 is 0. The Bertz CT molecular complexity index is 609. The number of thiazole rings is 1. The molecule has 1 atom stereocenters. The lowest BCUT2D eigenvalue weighted by Crippen LogP contribution is -2.45. The van der Waals surface area contributed by atoms with Gasteiger partial charge < -0.3 is 5.32 Å². The van der Waals surface area contributed by atoms with Crippen LogP contribution in [0.25, 0.3) is 0 Å². The summed E-state index contributed by atoms with van der Waals surface area (Å²) in [5.74, 6) is 0. The van der Waals surface area contributed by atoms with E-state index in [1.54, 1.807) is 0 Å². The van der Waals surface area contributed by atoms with Crippen molar-refractivity contribution >= 4 is 23.7 Å². The molecule has 1 aliphatic rings. The molecule has 0 amide bonds. The molecule has 3 heterocycles. The van der Waals surface area contributed by atoms with Gasteiger partial charge in [0, 0.05) is 49.1 Å². The van der Waals surface area contributed by atoms with Gasteiger partial charge in [0.2, 0.25) is 0 Å². The van der Waals surface area contributed by atoms with Crippen LogP contribution in [-0.4, -0.2) is 34.5 Å². The number of halogens is 1. The number of hydrogen-bond donors (Lipinski definition) is 1. The largest absolute Gasteiger partial charge is 0.314 e. The maximum Gasteiger partial charge on any atom is 0.107 e. The third-order valence-electron chi connectivity index (χ3n) is 4.08. The molecule has 3 rings (SSSR count). The van der Waals surface area contributed by atoms with E-state index < -0.39 is 0 Å². The maximum absolute atomic E-state index is 4.65. The number of nitrogens with zero attached hydrogens (tertiary/aromatic N) is 3. The summed E-state index contributed by atoms with van der Waals surface area (Å²) in [4.78, 5) is 12.7. The molecule has 4 nitrogen and oxygen atoms in total. The maximum atomic E-state index is 4.65. The van der Waals surface area contributed by atoms with E-state index in [9.17, 15) is 0 Å². The SMILES string of the molecule is CC(C)(C)c1cnc(CN2CCNCC2c2ccncc2)s1.Cl. The summed E-state index contributed by atoms with van der Waals surface area (Å²) in [6.45, 7) is 10.7. The first-order valence-corrected chi connectivity index (χ1v) is 8.65. The molecule has 0 saturated carbocycles. The van der Waals surface area contributed by atoms with Crippen molar-refractivity contribution in [3.8, 4) is 0 Å². The second kappa shape index (κ2) is 7.71. The van der Waals surface area contributed by atoms with Crippen LogP contribution >= 0.6 is 23.7 Å². The highest BCUT2D eigenvalue weighted by Crippen LogP contribution is 2.30. The number of aromatic nitrogens is 2.